The maximum atomic E-state index is 5.96. The van der Waals surface area contributed by atoms with Crippen molar-refractivity contribution in [2.45, 2.75) is 20.8 Å². The molecule has 20 heavy (non-hydrogen) atoms. The van der Waals surface area contributed by atoms with Gasteiger partial charge in [-0.05, 0) is 46.2 Å². The molecule has 0 aliphatic heterocycles. The van der Waals surface area contributed by atoms with Gasteiger partial charge in [0.15, 0.2) is 0 Å². The first kappa shape index (κ1) is 15.7. The van der Waals surface area contributed by atoms with E-state index in [2.05, 4.69) is 79.7 Å². The molecule has 0 spiro atoms. The Morgan fingerprint density at radius 2 is 1.75 bits per heavy atom. The molecule has 108 valence electrons. The molecule has 0 aromatic heterocycles. The van der Waals surface area contributed by atoms with Crippen LogP contribution in [-0.2, 0) is 0 Å². The summed E-state index contributed by atoms with van der Waals surface area (Å²) in [5.41, 5.74) is 0.212. The normalized spacial score (nSPS) is 13.4. The van der Waals surface area contributed by atoms with E-state index in [0.29, 0.717) is 12.5 Å². The van der Waals surface area contributed by atoms with E-state index >= 15 is 0 Å². The lowest BCUT2D eigenvalue weighted by Gasteiger charge is -2.29. The molecule has 0 saturated heterocycles. The summed E-state index contributed by atoms with van der Waals surface area (Å²) in [4.78, 5) is 0. The van der Waals surface area contributed by atoms with Gasteiger partial charge in [0.1, 0.15) is 5.75 Å². The molecule has 0 aliphatic rings. The molecule has 0 saturated carbocycles. The van der Waals surface area contributed by atoms with Crippen LogP contribution in [0.3, 0.4) is 0 Å². The lowest BCUT2D eigenvalue weighted by atomic mass is 9.82. The Morgan fingerprint density at radius 1 is 1.10 bits per heavy atom. The zero-order valence-electron chi connectivity index (χ0n) is 12.2. The van der Waals surface area contributed by atoms with Gasteiger partial charge in [-0.2, -0.15) is 12.6 Å². The van der Waals surface area contributed by atoms with Crippen molar-refractivity contribution < 1.29 is 4.74 Å². The second-order valence-corrected chi connectivity index (χ2v) is 7.49. The quantitative estimate of drug-likeness (QED) is 0.707. The smallest absolute Gasteiger partial charge is 0.119 e. The van der Waals surface area contributed by atoms with Crippen molar-refractivity contribution in [3.8, 4) is 5.75 Å². The van der Waals surface area contributed by atoms with E-state index in [4.69, 9.17) is 4.74 Å². The molecular formula is C17H21BrOS. The van der Waals surface area contributed by atoms with Gasteiger partial charge in [0, 0.05) is 10.4 Å². The van der Waals surface area contributed by atoms with Gasteiger partial charge in [-0.15, -0.1) is 0 Å². The van der Waals surface area contributed by atoms with Gasteiger partial charge in [-0.3, -0.25) is 0 Å². The first-order valence-electron chi connectivity index (χ1n) is 6.83. The molecule has 2 aromatic rings. The molecule has 0 bridgehead atoms. The fraction of sp³-hybridized carbons (Fsp3) is 0.412. The van der Waals surface area contributed by atoms with E-state index in [1.54, 1.807) is 0 Å². The van der Waals surface area contributed by atoms with Crippen LogP contribution in [-0.4, -0.2) is 12.4 Å². The number of hydrogen-bond acceptors (Lipinski definition) is 2. The van der Waals surface area contributed by atoms with Gasteiger partial charge in [0.05, 0.1) is 6.61 Å². The second kappa shape index (κ2) is 6.40. The maximum absolute atomic E-state index is 5.96. The Labute approximate surface area is 135 Å². The van der Waals surface area contributed by atoms with Crippen molar-refractivity contribution in [3.05, 3.63) is 40.9 Å². The Bertz CT molecular complexity index is 589. The third-order valence-electron chi connectivity index (χ3n) is 3.67. The Balaban J connectivity index is 2.12. The van der Waals surface area contributed by atoms with Crippen LogP contribution in [0.1, 0.15) is 20.8 Å². The van der Waals surface area contributed by atoms with Crippen molar-refractivity contribution in [2.75, 3.05) is 12.4 Å². The molecule has 0 N–H and O–H groups in total. The van der Waals surface area contributed by atoms with E-state index in [1.165, 1.54) is 10.8 Å². The van der Waals surface area contributed by atoms with Crippen LogP contribution >= 0.6 is 28.6 Å². The SMILES string of the molecule is CC(C)(C)C(CS)COc1ccc2cc(Br)ccc2c1. The summed E-state index contributed by atoms with van der Waals surface area (Å²) >= 11 is 7.93. The van der Waals surface area contributed by atoms with Crippen LogP contribution in [0.5, 0.6) is 5.75 Å². The average Bonchev–Trinajstić information content (AvgIpc) is 2.38. The summed E-state index contributed by atoms with van der Waals surface area (Å²) in [6.45, 7) is 7.40. The van der Waals surface area contributed by atoms with Gasteiger partial charge in [0.25, 0.3) is 0 Å². The number of rotatable bonds is 4. The third-order valence-corrected chi connectivity index (χ3v) is 4.60. The Kier molecular flexibility index (Phi) is 5.03. The molecule has 0 heterocycles. The third kappa shape index (κ3) is 3.92. The highest BCUT2D eigenvalue weighted by Gasteiger charge is 2.23. The first-order valence-corrected chi connectivity index (χ1v) is 8.25. The van der Waals surface area contributed by atoms with Gasteiger partial charge in [-0.1, -0.05) is 48.8 Å². The van der Waals surface area contributed by atoms with Crippen LogP contribution in [0.25, 0.3) is 10.8 Å². The monoisotopic (exact) mass is 352 g/mol. The molecule has 0 fully saturated rings. The standard InChI is InChI=1S/C17H21BrOS/c1-17(2,3)14(11-20)10-19-16-7-5-12-8-15(18)6-4-13(12)9-16/h4-9,14,20H,10-11H2,1-3H3. The molecule has 0 aliphatic carbocycles. The summed E-state index contributed by atoms with van der Waals surface area (Å²) in [6, 6.07) is 12.5. The van der Waals surface area contributed by atoms with Gasteiger partial charge in [0.2, 0.25) is 0 Å². The largest absolute Gasteiger partial charge is 0.493 e. The number of halogens is 1. The van der Waals surface area contributed by atoms with Crippen molar-refractivity contribution in [1.29, 1.82) is 0 Å². The van der Waals surface area contributed by atoms with Gasteiger partial charge >= 0.3 is 0 Å². The van der Waals surface area contributed by atoms with Gasteiger partial charge < -0.3 is 4.74 Å². The number of ether oxygens (including phenoxy) is 1. The van der Waals surface area contributed by atoms with E-state index in [0.717, 1.165) is 16.0 Å². The van der Waals surface area contributed by atoms with Crippen LogP contribution < -0.4 is 4.74 Å². The Hall–Kier alpha value is -0.670. The molecule has 3 heteroatoms. The Morgan fingerprint density at radius 3 is 2.40 bits per heavy atom. The van der Waals surface area contributed by atoms with Crippen molar-refractivity contribution in [3.63, 3.8) is 0 Å². The number of hydrogen-bond donors (Lipinski definition) is 1. The van der Waals surface area contributed by atoms with Crippen LogP contribution in [0.15, 0.2) is 40.9 Å². The first-order chi connectivity index (χ1) is 9.40. The average molecular weight is 353 g/mol. The maximum Gasteiger partial charge on any atom is 0.119 e. The molecule has 0 radical (unpaired) electrons. The summed E-state index contributed by atoms with van der Waals surface area (Å²) in [5.74, 6) is 2.20. The summed E-state index contributed by atoms with van der Waals surface area (Å²) in [6.07, 6.45) is 0. The zero-order valence-corrected chi connectivity index (χ0v) is 14.7. The molecule has 1 atom stereocenters. The predicted molar refractivity (Wildman–Crippen MR) is 93.9 cm³/mol. The van der Waals surface area contributed by atoms with Crippen LogP contribution in [0, 0.1) is 11.3 Å². The minimum Gasteiger partial charge on any atom is -0.493 e. The molecule has 1 nitrogen and oxygen atoms in total. The van der Waals surface area contributed by atoms with E-state index < -0.39 is 0 Å². The van der Waals surface area contributed by atoms with E-state index in [-0.39, 0.29) is 5.41 Å². The molecular weight excluding hydrogens is 332 g/mol. The van der Waals surface area contributed by atoms with Crippen molar-refractivity contribution >= 4 is 39.3 Å². The highest BCUT2D eigenvalue weighted by atomic mass is 79.9. The highest BCUT2D eigenvalue weighted by molar-refractivity contribution is 9.10. The van der Waals surface area contributed by atoms with Crippen molar-refractivity contribution in [1.82, 2.24) is 0 Å². The minimum absolute atomic E-state index is 0.212. The summed E-state index contributed by atoms with van der Waals surface area (Å²) in [5, 5.41) is 2.41. The predicted octanol–water partition coefficient (Wildman–Crippen LogP) is 5.57. The number of thiol groups is 1. The van der Waals surface area contributed by atoms with Crippen LogP contribution in [0.2, 0.25) is 0 Å². The molecule has 0 amide bonds. The minimum atomic E-state index is 0.212. The lowest BCUT2D eigenvalue weighted by molar-refractivity contribution is 0.165. The van der Waals surface area contributed by atoms with Crippen LogP contribution in [0.4, 0.5) is 0 Å². The zero-order chi connectivity index (χ0) is 14.8. The van der Waals surface area contributed by atoms with Crippen molar-refractivity contribution in [2.24, 2.45) is 11.3 Å². The summed E-state index contributed by atoms with van der Waals surface area (Å²) < 4.78 is 7.06. The fourth-order valence-electron chi connectivity index (χ4n) is 2.06. The number of benzene rings is 2. The van der Waals surface area contributed by atoms with E-state index in [9.17, 15) is 0 Å². The second-order valence-electron chi connectivity index (χ2n) is 6.21. The summed E-state index contributed by atoms with van der Waals surface area (Å²) in [7, 11) is 0. The fourth-order valence-corrected chi connectivity index (χ4v) is 3.09. The van der Waals surface area contributed by atoms with Gasteiger partial charge in [-0.25, -0.2) is 0 Å². The highest BCUT2D eigenvalue weighted by Crippen LogP contribution is 2.29. The lowest BCUT2D eigenvalue weighted by Crippen LogP contribution is -2.28. The molecule has 1 unspecified atom stereocenters. The molecule has 2 rings (SSSR count). The molecule has 2 aromatic carbocycles. The van der Waals surface area contributed by atoms with E-state index in [1.807, 2.05) is 6.07 Å². The number of fused-ring (bicyclic) bond motifs is 1. The topological polar surface area (TPSA) is 9.23 Å².